The van der Waals surface area contributed by atoms with E-state index in [0.717, 1.165) is 29.4 Å². The number of fused-ring (bicyclic) bond motifs is 1. The minimum Gasteiger partial charge on any atom is -0.322 e. The van der Waals surface area contributed by atoms with Gasteiger partial charge in [-0.2, -0.15) is 5.10 Å². The van der Waals surface area contributed by atoms with E-state index in [0.29, 0.717) is 6.54 Å². The van der Waals surface area contributed by atoms with Crippen LogP contribution in [0.3, 0.4) is 0 Å². The average molecular weight is 282 g/mol. The van der Waals surface area contributed by atoms with Gasteiger partial charge in [0, 0.05) is 30.9 Å². The first-order chi connectivity index (χ1) is 10.2. The molecular formula is C16H18N4O. The molecule has 0 saturated carbocycles. The zero-order valence-electron chi connectivity index (χ0n) is 12.0. The number of nitrogens with one attached hydrogen (secondary N) is 2. The normalized spacial score (nSPS) is 11.1. The van der Waals surface area contributed by atoms with Crippen molar-refractivity contribution in [1.29, 1.82) is 0 Å². The number of aryl methyl sites for hydroxylation is 1. The molecule has 0 unspecified atom stereocenters. The van der Waals surface area contributed by atoms with E-state index in [1.165, 1.54) is 5.56 Å². The molecule has 3 rings (SSSR count). The minimum absolute atomic E-state index is 0.0254. The van der Waals surface area contributed by atoms with Gasteiger partial charge in [-0.3, -0.25) is 9.48 Å². The van der Waals surface area contributed by atoms with Crippen LogP contribution in [0.4, 0.5) is 0 Å². The van der Waals surface area contributed by atoms with Gasteiger partial charge in [0.25, 0.3) is 5.56 Å². The Hall–Kier alpha value is -2.40. The van der Waals surface area contributed by atoms with Crippen molar-refractivity contribution >= 4 is 10.9 Å². The number of benzene rings is 1. The number of para-hydroxylation sites is 1. The second-order valence-electron chi connectivity index (χ2n) is 5.16. The molecule has 0 amide bonds. The maximum atomic E-state index is 12.0. The number of aromatic nitrogens is 3. The van der Waals surface area contributed by atoms with E-state index in [1.807, 2.05) is 49.8 Å². The molecule has 0 radical (unpaired) electrons. The van der Waals surface area contributed by atoms with Crippen molar-refractivity contribution in [2.45, 2.75) is 13.0 Å². The third-order valence-corrected chi connectivity index (χ3v) is 3.49. The summed E-state index contributed by atoms with van der Waals surface area (Å²) in [6, 6.07) is 9.76. The van der Waals surface area contributed by atoms with E-state index >= 15 is 0 Å². The smallest absolute Gasteiger partial charge is 0.252 e. The summed E-state index contributed by atoms with van der Waals surface area (Å²) in [4.78, 5) is 14.9. The van der Waals surface area contributed by atoms with Gasteiger partial charge in [0.1, 0.15) is 0 Å². The molecule has 3 aromatic rings. The summed E-state index contributed by atoms with van der Waals surface area (Å²) in [5, 5.41) is 8.50. The Labute approximate surface area is 122 Å². The fourth-order valence-corrected chi connectivity index (χ4v) is 2.38. The molecule has 2 N–H and O–H groups in total. The van der Waals surface area contributed by atoms with Gasteiger partial charge in [0.05, 0.1) is 6.20 Å². The standard InChI is InChI=1S/C16H18N4O/c1-20-11-12(9-18-20)6-7-17-10-14-8-13-4-2-3-5-15(13)19-16(14)21/h2-5,8-9,11,17H,6-7,10H2,1H3,(H,19,21). The van der Waals surface area contributed by atoms with E-state index in [2.05, 4.69) is 15.4 Å². The lowest BCUT2D eigenvalue weighted by molar-refractivity contribution is 0.682. The SMILES string of the molecule is Cn1cc(CCNCc2cc3ccccc3[nH]c2=O)cn1. The minimum atomic E-state index is -0.0254. The number of pyridine rings is 1. The summed E-state index contributed by atoms with van der Waals surface area (Å²) in [6.07, 6.45) is 4.77. The molecule has 21 heavy (non-hydrogen) atoms. The van der Waals surface area contributed by atoms with Crippen LogP contribution in [0.25, 0.3) is 10.9 Å². The highest BCUT2D eigenvalue weighted by Crippen LogP contribution is 2.09. The van der Waals surface area contributed by atoms with E-state index in [-0.39, 0.29) is 5.56 Å². The zero-order chi connectivity index (χ0) is 14.7. The largest absolute Gasteiger partial charge is 0.322 e. The lowest BCUT2D eigenvalue weighted by Gasteiger charge is -2.05. The second-order valence-corrected chi connectivity index (χ2v) is 5.16. The van der Waals surface area contributed by atoms with E-state index < -0.39 is 0 Å². The van der Waals surface area contributed by atoms with Crippen LogP contribution in [0.2, 0.25) is 0 Å². The second kappa shape index (κ2) is 5.93. The van der Waals surface area contributed by atoms with Crippen molar-refractivity contribution in [3.05, 3.63) is 64.2 Å². The van der Waals surface area contributed by atoms with E-state index in [4.69, 9.17) is 0 Å². The van der Waals surface area contributed by atoms with Crippen molar-refractivity contribution < 1.29 is 0 Å². The van der Waals surface area contributed by atoms with Gasteiger partial charge < -0.3 is 10.3 Å². The number of nitrogens with zero attached hydrogens (tertiary/aromatic N) is 2. The van der Waals surface area contributed by atoms with Crippen LogP contribution < -0.4 is 10.9 Å². The quantitative estimate of drug-likeness (QED) is 0.699. The molecule has 2 aromatic heterocycles. The Morgan fingerprint density at radius 3 is 3.00 bits per heavy atom. The number of aromatic amines is 1. The Kier molecular flexibility index (Phi) is 3.83. The molecule has 0 aliphatic rings. The number of hydrogen-bond acceptors (Lipinski definition) is 3. The summed E-state index contributed by atoms with van der Waals surface area (Å²) in [5.41, 5.74) is 2.81. The van der Waals surface area contributed by atoms with Crippen molar-refractivity contribution in [2.24, 2.45) is 7.05 Å². The van der Waals surface area contributed by atoms with E-state index in [9.17, 15) is 4.79 Å². The van der Waals surface area contributed by atoms with Crippen LogP contribution in [0.1, 0.15) is 11.1 Å². The molecule has 5 nitrogen and oxygen atoms in total. The maximum absolute atomic E-state index is 12.0. The van der Waals surface area contributed by atoms with Crippen LogP contribution >= 0.6 is 0 Å². The highest BCUT2D eigenvalue weighted by Gasteiger charge is 2.02. The third kappa shape index (κ3) is 3.20. The van der Waals surface area contributed by atoms with Crippen molar-refractivity contribution in [3.8, 4) is 0 Å². The van der Waals surface area contributed by atoms with Gasteiger partial charge >= 0.3 is 0 Å². The molecule has 0 spiro atoms. The van der Waals surface area contributed by atoms with Crippen LogP contribution in [-0.4, -0.2) is 21.3 Å². The Morgan fingerprint density at radius 2 is 2.19 bits per heavy atom. The number of rotatable bonds is 5. The van der Waals surface area contributed by atoms with Crippen LogP contribution in [0, 0.1) is 0 Å². The molecule has 0 atom stereocenters. The third-order valence-electron chi connectivity index (χ3n) is 3.49. The average Bonchev–Trinajstić information content (AvgIpc) is 2.89. The first-order valence-electron chi connectivity index (χ1n) is 7.01. The monoisotopic (exact) mass is 282 g/mol. The highest BCUT2D eigenvalue weighted by molar-refractivity contribution is 5.78. The lowest BCUT2D eigenvalue weighted by atomic mass is 10.1. The van der Waals surface area contributed by atoms with Gasteiger partial charge in [0.2, 0.25) is 0 Å². The fraction of sp³-hybridized carbons (Fsp3) is 0.250. The maximum Gasteiger partial charge on any atom is 0.252 e. The van der Waals surface area contributed by atoms with Gasteiger partial charge in [-0.1, -0.05) is 18.2 Å². The molecule has 0 saturated heterocycles. The van der Waals surface area contributed by atoms with Crippen molar-refractivity contribution in [2.75, 3.05) is 6.54 Å². The molecular weight excluding hydrogens is 264 g/mol. The first kappa shape index (κ1) is 13.6. The molecule has 5 heteroatoms. The van der Waals surface area contributed by atoms with Gasteiger partial charge in [0.15, 0.2) is 0 Å². The predicted molar refractivity (Wildman–Crippen MR) is 83.2 cm³/mol. The Morgan fingerprint density at radius 1 is 1.33 bits per heavy atom. The van der Waals surface area contributed by atoms with Crippen LogP contribution in [0.15, 0.2) is 47.5 Å². The van der Waals surface area contributed by atoms with Gasteiger partial charge in [-0.15, -0.1) is 0 Å². The van der Waals surface area contributed by atoms with E-state index in [1.54, 1.807) is 4.68 Å². The first-order valence-corrected chi connectivity index (χ1v) is 7.01. The zero-order valence-corrected chi connectivity index (χ0v) is 12.0. The molecule has 0 aliphatic carbocycles. The summed E-state index contributed by atoms with van der Waals surface area (Å²) >= 11 is 0. The van der Waals surface area contributed by atoms with Crippen molar-refractivity contribution in [3.63, 3.8) is 0 Å². The molecule has 0 fully saturated rings. The predicted octanol–water partition coefficient (Wildman–Crippen LogP) is 1.59. The summed E-state index contributed by atoms with van der Waals surface area (Å²) in [6.45, 7) is 1.39. The molecule has 0 aliphatic heterocycles. The molecule has 0 bridgehead atoms. The summed E-state index contributed by atoms with van der Waals surface area (Å²) < 4.78 is 1.80. The molecule has 108 valence electrons. The van der Waals surface area contributed by atoms with Crippen LogP contribution in [0.5, 0.6) is 0 Å². The highest BCUT2D eigenvalue weighted by atomic mass is 16.1. The van der Waals surface area contributed by atoms with Gasteiger partial charge in [-0.25, -0.2) is 0 Å². The molecule has 2 heterocycles. The lowest BCUT2D eigenvalue weighted by Crippen LogP contribution is -2.22. The van der Waals surface area contributed by atoms with Gasteiger partial charge in [-0.05, 0) is 36.0 Å². The Balaban J connectivity index is 1.62. The summed E-state index contributed by atoms with van der Waals surface area (Å²) in [5.74, 6) is 0. The van der Waals surface area contributed by atoms with Crippen molar-refractivity contribution in [1.82, 2.24) is 20.1 Å². The number of hydrogen-bond donors (Lipinski definition) is 2. The summed E-state index contributed by atoms with van der Waals surface area (Å²) in [7, 11) is 1.91. The number of H-pyrrole nitrogens is 1. The molecule has 1 aromatic carbocycles. The Bertz CT molecular complexity index is 803. The topological polar surface area (TPSA) is 62.7 Å². The van der Waals surface area contributed by atoms with Crippen LogP contribution in [-0.2, 0) is 20.0 Å². The fourth-order valence-electron chi connectivity index (χ4n) is 2.38.